The molecule has 1 aliphatic rings. The maximum Gasteiger partial charge on any atom is 0.191 e. The van der Waals surface area contributed by atoms with Gasteiger partial charge >= 0.3 is 0 Å². The molecular formula is C14H31IN4O2S. The van der Waals surface area contributed by atoms with Crippen LogP contribution in [0.1, 0.15) is 26.2 Å². The second-order valence-electron chi connectivity index (χ2n) is 6.16. The number of hydrogen-bond donors (Lipinski definition) is 2. The average Bonchev–Trinajstić information content (AvgIpc) is 2.42. The van der Waals surface area contributed by atoms with Crippen molar-refractivity contribution in [2.75, 3.05) is 45.7 Å². The molecule has 0 saturated carbocycles. The number of nitrogens with one attached hydrogen (secondary N) is 2. The van der Waals surface area contributed by atoms with Gasteiger partial charge in [-0.25, -0.2) is 8.42 Å². The lowest BCUT2D eigenvalue weighted by molar-refractivity contribution is 0.220. The molecule has 0 bridgehead atoms. The molecule has 0 amide bonds. The third-order valence-corrected chi connectivity index (χ3v) is 4.90. The summed E-state index contributed by atoms with van der Waals surface area (Å²) in [7, 11) is 1.00. The second kappa shape index (κ2) is 10.6. The molecule has 0 aromatic rings. The standard InChI is InChI=1S/C14H30N4O2S.HI/c1-12(7-10-21(4,19)20)17-14(15-2)16-11-13-5-8-18(3)9-6-13;/h12-13H,5-11H2,1-4H3,(H2,15,16,17);1H. The van der Waals surface area contributed by atoms with Crippen LogP contribution in [0.4, 0.5) is 0 Å². The smallest absolute Gasteiger partial charge is 0.191 e. The summed E-state index contributed by atoms with van der Waals surface area (Å²) >= 11 is 0. The molecule has 1 aliphatic heterocycles. The summed E-state index contributed by atoms with van der Waals surface area (Å²) in [6.07, 6.45) is 4.29. The van der Waals surface area contributed by atoms with E-state index in [4.69, 9.17) is 0 Å². The van der Waals surface area contributed by atoms with E-state index in [9.17, 15) is 8.42 Å². The fourth-order valence-electron chi connectivity index (χ4n) is 2.40. The van der Waals surface area contributed by atoms with Crippen molar-refractivity contribution in [3.05, 3.63) is 0 Å². The van der Waals surface area contributed by atoms with E-state index in [2.05, 4.69) is 27.6 Å². The summed E-state index contributed by atoms with van der Waals surface area (Å²) < 4.78 is 22.3. The first-order chi connectivity index (χ1) is 9.80. The molecule has 0 aromatic carbocycles. The molecule has 0 aliphatic carbocycles. The summed E-state index contributed by atoms with van der Waals surface area (Å²) in [4.78, 5) is 6.56. The number of sulfone groups is 1. The van der Waals surface area contributed by atoms with Crippen molar-refractivity contribution in [1.82, 2.24) is 15.5 Å². The third-order valence-electron chi connectivity index (χ3n) is 3.92. The minimum Gasteiger partial charge on any atom is -0.356 e. The van der Waals surface area contributed by atoms with E-state index in [0.717, 1.165) is 25.6 Å². The van der Waals surface area contributed by atoms with Crippen molar-refractivity contribution in [3.63, 3.8) is 0 Å². The second-order valence-corrected chi connectivity index (χ2v) is 8.42. The number of nitrogens with zero attached hydrogens (tertiary/aromatic N) is 2. The maximum atomic E-state index is 11.2. The molecule has 1 saturated heterocycles. The zero-order valence-electron chi connectivity index (χ0n) is 14.1. The number of likely N-dealkylation sites (tertiary alicyclic amines) is 1. The molecule has 0 aromatic heterocycles. The van der Waals surface area contributed by atoms with Crippen LogP contribution in [0, 0.1) is 5.92 Å². The highest BCUT2D eigenvalue weighted by Gasteiger charge is 2.17. The minimum atomic E-state index is -2.90. The van der Waals surface area contributed by atoms with Crippen LogP contribution in [-0.4, -0.2) is 71.1 Å². The Balaban J connectivity index is 0.00000441. The molecule has 2 N–H and O–H groups in total. The van der Waals surface area contributed by atoms with E-state index in [1.165, 1.54) is 19.1 Å². The van der Waals surface area contributed by atoms with Crippen LogP contribution >= 0.6 is 24.0 Å². The number of rotatable bonds is 6. The van der Waals surface area contributed by atoms with Crippen LogP contribution in [0.2, 0.25) is 0 Å². The molecule has 132 valence electrons. The van der Waals surface area contributed by atoms with Gasteiger partial charge in [-0.05, 0) is 52.2 Å². The number of guanidine groups is 1. The van der Waals surface area contributed by atoms with Gasteiger partial charge in [-0.1, -0.05) is 0 Å². The Hall–Kier alpha value is -0.0900. The van der Waals surface area contributed by atoms with Crippen LogP contribution in [0.15, 0.2) is 4.99 Å². The van der Waals surface area contributed by atoms with Crippen LogP contribution < -0.4 is 10.6 Å². The highest BCUT2D eigenvalue weighted by Crippen LogP contribution is 2.14. The van der Waals surface area contributed by atoms with Crippen LogP contribution in [0.25, 0.3) is 0 Å². The number of aliphatic imine (C=N–C) groups is 1. The van der Waals surface area contributed by atoms with Crippen molar-refractivity contribution in [2.45, 2.75) is 32.2 Å². The van der Waals surface area contributed by atoms with Gasteiger partial charge in [0.05, 0.1) is 5.75 Å². The predicted molar refractivity (Wildman–Crippen MR) is 104 cm³/mol. The maximum absolute atomic E-state index is 11.2. The Morgan fingerprint density at radius 1 is 1.36 bits per heavy atom. The van der Waals surface area contributed by atoms with Gasteiger partial charge in [0.2, 0.25) is 0 Å². The lowest BCUT2D eigenvalue weighted by atomic mass is 9.97. The Labute approximate surface area is 152 Å². The van der Waals surface area contributed by atoms with Crippen LogP contribution in [0.5, 0.6) is 0 Å². The molecule has 1 heterocycles. The Morgan fingerprint density at radius 3 is 2.45 bits per heavy atom. The average molecular weight is 446 g/mol. The van der Waals surface area contributed by atoms with Crippen molar-refractivity contribution < 1.29 is 8.42 Å². The quantitative estimate of drug-likeness (QED) is 0.361. The molecule has 1 unspecified atom stereocenters. The Bertz CT molecular complexity index is 434. The van der Waals surface area contributed by atoms with Gasteiger partial charge in [0.25, 0.3) is 0 Å². The third kappa shape index (κ3) is 9.83. The first-order valence-corrected chi connectivity index (χ1v) is 9.69. The van der Waals surface area contributed by atoms with Crippen LogP contribution in [-0.2, 0) is 9.84 Å². The topological polar surface area (TPSA) is 73.8 Å². The molecule has 0 radical (unpaired) electrons. The van der Waals surface area contributed by atoms with E-state index < -0.39 is 9.84 Å². The van der Waals surface area contributed by atoms with Gasteiger partial charge in [0.15, 0.2) is 5.96 Å². The van der Waals surface area contributed by atoms with Gasteiger partial charge in [0, 0.05) is 25.9 Å². The minimum absolute atomic E-state index is 0. The van der Waals surface area contributed by atoms with Crippen LogP contribution in [0.3, 0.4) is 0 Å². The summed E-state index contributed by atoms with van der Waals surface area (Å²) in [5.41, 5.74) is 0. The zero-order valence-corrected chi connectivity index (χ0v) is 17.3. The van der Waals surface area contributed by atoms with Crippen molar-refractivity contribution in [1.29, 1.82) is 0 Å². The van der Waals surface area contributed by atoms with E-state index in [0.29, 0.717) is 12.3 Å². The summed E-state index contributed by atoms with van der Waals surface area (Å²) in [6.45, 7) is 5.21. The normalized spacial score (nSPS) is 19.4. The molecule has 0 spiro atoms. The van der Waals surface area contributed by atoms with E-state index >= 15 is 0 Å². The predicted octanol–water partition coefficient (Wildman–Crippen LogP) is 0.934. The van der Waals surface area contributed by atoms with Crippen molar-refractivity contribution in [2.24, 2.45) is 10.9 Å². The Morgan fingerprint density at radius 2 is 1.95 bits per heavy atom. The Kier molecular flexibility index (Phi) is 10.6. The lowest BCUT2D eigenvalue weighted by Gasteiger charge is -2.29. The van der Waals surface area contributed by atoms with Gasteiger partial charge in [-0.2, -0.15) is 0 Å². The lowest BCUT2D eigenvalue weighted by Crippen LogP contribution is -2.45. The molecule has 1 atom stereocenters. The largest absolute Gasteiger partial charge is 0.356 e. The molecule has 22 heavy (non-hydrogen) atoms. The fourth-order valence-corrected chi connectivity index (χ4v) is 3.18. The van der Waals surface area contributed by atoms with Crippen molar-refractivity contribution in [3.8, 4) is 0 Å². The highest BCUT2D eigenvalue weighted by molar-refractivity contribution is 14.0. The monoisotopic (exact) mass is 446 g/mol. The van der Waals surface area contributed by atoms with Gasteiger partial charge < -0.3 is 15.5 Å². The first-order valence-electron chi connectivity index (χ1n) is 7.63. The van der Waals surface area contributed by atoms with E-state index in [1.54, 1.807) is 7.05 Å². The summed E-state index contributed by atoms with van der Waals surface area (Å²) in [6, 6.07) is 0.0865. The van der Waals surface area contributed by atoms with Gasteiger partial charge in [-0.15, -0.1) is 24.0 Å². The molecule has 6 nitrogen and oxygen atoms in total. The number of piperidine rings is 1. The van der Waals surface area contributed by atoms with Crippen molar-refractivity contribution >= 4 is 39.8 Å². The van der Waals surface area contributed by atoms with Gasteiger partial charge in [0.1, 0.15) is 9.84 Å². The SMILES string of the molecule is CN=C(NCC1CCN(C)CC1)NC(C)CCS(C)(=O)=O.I. The summed E-state index contributed by atoms with van der Waals surface area (Å²) in [5.74, 6) is 1.65. The highest BCUT2D eigenvalue weighted by atomic mass is 127. The molecular weight excluding hydrogens is 415 g/mol. The number of halogens is 1. The zero-order chi connectivity index (χ0) is 15.9. The molecule has 8 heteroatoms. The molecule has 1 fully saturated rings. The van der Waals surface area contributed by atoms with E-state index in [1.807, 2.05) is 6.92 Å². The number of hydrogen-bond acceptors (Lipinski definition) is 4. The van der Waals surface area contributed by atoms with Gasteiger partial charge in [-0.3, -0.25) is 4.99 Å². The first kappa shape index (κ1) is 21.9. The fraction of sp³-hybridized carbons (Fsp3) is 0.929. The molecule has 1 rings (SSSR count). The van der Waals surface area contributed by atoms with E-state index in [-0.39, 0.29) is 35.8 Å². The summed E-state index contributed by atoms with van der Waals surface area (Å²) in [5, 5.41) is 6.60.